The SMILES string of the molecule is CC1(C)C(/C=C/c2cc(Br)cc([N+](=O)[O-])c2O)=[N+](Cc2ccccc2)c2ccccc21. The molecule has 0 saturated carbocycles. The van der Waals surface area contributed by atoms with Gasteiger partial charge in [-0.3, -0.25) is 10.1 Å². The van der Waals surface area contributed by atoms with Gasteiger partial charge in [-0.2, -0.15) is 4.58 Å². The molecule has 156 valence electrons. The van der Waals surface area contributed by atoms with Gasteiger partial charge in [0.25, 0.3) is 0 Å². The third kappa shape index (κ3) is 3.91. The Hall–Kier alpha value is -3.25. The molecule has 3 aromatic rings. The molecule has 1 aliphatic heterocycles. The number of hydrogen-bond donors (Lipinski definition) is 1. The summed E-state index contributed by atoms with van der Waals surface area (Å²) in [7, 11) is 0. The maximum atomic E-state index is 11.3. The van der Waals surface area contributed by atoms with Crippen LogP contribution in [0.5, 0.6) is 5.75 Å². The number of phenols is 1. The van der Waals surface area contributed by atoms with E-state index in [1.807, 2.05) is 36.4 Å². The lowest BCUT2D eigenvalue weighted by Gasteiger charge is -2.15. The normalized spacial score (nSPS) is 14.8. The molecular weight excluding hydrogens is 456 g/mol. The molecule has 0 radical (unpaired) electrons. The van der Waals surface area contributed by atoms with E-state index in [4.69, 9.17) is 0 Å². The van der Waals surface area contributed by atoms with Crippen LogP contribution in [0.4, 0.5) is 11.4 Å². The number of rotatable bonds is 5. The van der Waals surface area contributed by atoms with Crippen LogP contribution >= 0.6 is 15.9 Å². The van der Waals surface area contributed by atoms with Gasteiger partial charge >= 0.3 is 5.69 Å². The van der Waals surface area contributed by atoms with Crippen LogP contribution in [0, 0.1) is 10.1 Å². The Morgan fingerprint density at radius 3 is 2.45 bits per heavy atom. The van der Waals surface area contributed by atoms with Gasteiger partial charge in [0.15, 0.2) is 12.3 Å². The summed E-state index contributed by atoms with van der Waals surface area (Å²) in [5.41, 5.74) is 4.39. The van der Waals surface area contributed by atoms with E-state index in [1.54, 1.807) is 12.1 Å². The maximum absolute atomic E-state index is 11.3. The van der Waals surface area contributed by atoms with Crippen molar-refractivity contribution in [3.8, 4) is 5.75 Å². The highest BCUT2D eigenvalue weighted by Gasteiger charge is 2.44. The maximum Gasteiger partial charge on any atom is 0.312 e. The van der Waals surface area contributed by atoms with Crippen molar-refractivity contribution in [1.82, 2.24) is 0 Å². The summed E-state index contributed by atoms with van der Waals surface area (Å²) in [5.74, 6) is -0.340. The van der Waals surface area contributed by atoms with Crippen molar-refractivity contribution in [1.29, 1.82) is 0 Å². The smallest absolute Gasteiger partial charge is 0.312 e. The standard InChI is InChI=1S/C25H21BrN2O3/c1-25(2)20-10-6-7-11-21(20)27(16-17-8-4-3-5-9-17)23(25)13-12-18-14-19(26)15-22(24(18)29)28(30)31/h3-15H,16H2,1-2H3/p+1. The summed E-state index contributed by atoms with van der Waals surface area (Å²) < 4.78 is 2.81. The zero-order valence-corrected chi connectivity index (χ0v) is 18.8. The number of nitro groups is 1. The molecule has 31 heavy (non-hydrogen) atoms. The van der Waals surface area contributed by atoms with Crippen LogP contribution in [0.25, 0.3) is 6.08 Å². The molecular formula is C25H22BrN2O3+. The number of aromatic hydroxyl groups is 1. The first kappa shape index (κ1) is 21.0. The molecule has 5 nitrogen and oxygen atoms in total. The third-order valence-electron chi connectivity index (χ3n) is 5.68. The second kappa shape index (κ2) is 8.12. The van der Waals surface area contributed by atoms with Gasteiger partial charge in [0, 0.05) is 39.4 Å². The average molecular weight is 478 g/mol. The van der Waals surface area contributed by atoms with Gasteiger partial charge in [-0.1, -0.05) is 64.5 Å². The minimum Gasteiger partial charge on any atom is -0.502 e. The summed E-state index contributed by atoms with van der Waals surface area (Å²) in [6.07, 6.45) is 3.70. The zero-order chi connectivity index (χ0) is 22.2. The number of fused-ring (bicyclic) bond motifs is 1. The molecule has 4 rings (SSSR count). The van der Waals surface area contributed by atoms with Crippen molar-refractivity contribution in [2.75, 3.05) is 0 Å². The monoisotopic (exact) mass is 477 g/mol. The number of para-hydroxylation sites is 1. The van der Waals surface area contributed by atoms with Crippen molar-refractivity contribution in [2.45, 2.75) is 25.8 Å². The first-order chi connectivity index (χ1) is 14.8. The van der Waals surface area contributed by atoms with Crippen molar-refractivity contribution >= 4 is 39.1 Å². The molecule has 3 aromatic carbocycles. The second-order valence-electron chi connectivity index (χ2n) is 8.05. The number of phenolic OH excluding ortho intramolecular Hbond substituents is 1. The first-order valence-electron chi connectivity index (χ1n) is 9.92. The Morgan fingerprint density at radius 2 is 1.74 bits per heavy atom. The Labute approximate surface area is 189 Å². The highest BCUT2D eigenvalue weighted by molar-refractivity contribution is 9.10. The van der Waals surface area contributed by atoms with Crippen molar-refractivity contribution < 1.29 is 14.6 Å². The number of allylic oxidation sites excluding steroid dienone is 1. The van der Waals surface area contributed by atoms with Crippen molar-refractivity contribution in [3.05, 3.63) is 104 Å². The fraction of sp³-hybridized carbons (Fsp3) is 0.160. The highest BCUT2D eigenvalue weighted by Crippen LogP contribution is 2.41. The van der Waals surface area contributed by atoms with Crippen LogP contribution in [0.3, 0.4) is 0 Å². The number of nitrogens with zero attached hydrogens (tertiary/aromatic N) is 2. The van der Waals surface area contributed by atoms with Gasteiger partial charge in [0.2, 0.25) is 11.4 Å². The van der Waals surface area contributed by atoms with Crippen LogP contribution < -0.4 is 0 Å². The number of hydrogen-bond acceptors (Lipinski definition) is 3. The summed E-state index contributed by atoms with van der Waals surface area (Å²) in [6.45, 7) is 5.03. The first-order valence-corrected chi connectivity index (χ1v) is 10.7. The van der Waals surface area contributed by atoms with Crippen LogP contribution in [0.1, 0.15) is 30.5 Å². The molecule has 0 spiro atoms. The van der Waals surface area contributed by atoms with Crippen molar-refractivity contribution in [3.63, 3.8) is 0 Å². The average Bonchev–Trinajstić information content (AvgIpc) is 2.95. The lowest BCUT2D eigenvalue weighted by molar-refractivity contribution is -0.455. The Morgan fingerprint density at radius 1 is 1.06 bits per heavy atom. The summed E-state index contributed by atoms with van der Waals surface area (Å²) in [5, 5.41) is 21.7. The number of halogens is 1. The minimum absolute atomic E-state index is 0.268. The molecule has 0 bridgehead atoms. The predicted molar refractivity (Wildman–Crippen MR) is 126 cm³/mol. The van der Waals surface area contributed by atoms with E-state index in [0.717, 1.165) is 11.4 Å². The fourth-order valence-electron chi connectivity index (χ4n) is 4.12. The molecule has 1 N–H and O–H groups in total. The van der Waals surface area contributed by atoms with E-state index >= 15 is 0 Å². The van der Waals surface area contributed by atoms with E-state index in [-0.39, 0.29) is 16.9 Å². The van der Waals surface area contributed by atoms with Crippen molar-refractivity contribution in [2.24, 2.45) is 0 Å². The van der Waals surface area contributed by atoms with E-state index in [2.05, 4.69) is 58.6 Å². The van der Waals surface area contributed by atoms with Gasteiger partial charge in [-0.15, -0.1) is 0 Å². The number of nitro benzene ring substituents is 1. The van der Waals surface area contributed by atoms with Gasteiger partial charge in [-0.05, 0) is 26.0 Å². The fourth-order valence-corrected chi connectivity index (χ4v) is 4.58. The van der Waals surface area contributed by atoms with E-state index in [0.29, 0.717) is 16.6 Å². The van der Waals surface area contributed by atoms with Crippen LogP contribution in [-0.2, 0) is 12.0 Å². The Bertz CT molecular complexity index is 1230. The molecule has 0 fully saturated rings. The van der Waals surface area contributed by atoms with E-state index in [9.17, 15) is 15.2 Å². The Kier molecular flexibility index (Phi) is 5.50. The molecule has 0 atom stereocenters. The largest absolute Gasteiger partial charge is 0.502 e. The molecule has 0 aliphatic carbocycles. The molecule has 0 saturated heterocycles. The molecule has 0 unspecified atom stereocenters. The minimum atomic E-state index is -0.582. The lowest BCUT2D eigenvalue weighted by Crippen LogP contribution is -2.27. The molecule has 1 aliphatic rings. The van der Waals surface area contributed by atoms with Gasteiger partial charge in [-0.25, -0.2) is 0 Å². The third-order valence-corrected chi connectivity index (χ3v) is 6.14. The molecule has 1 heterocycles. The van der Waals surface area contributed by atoms with Gasteiger partial charge in [0.1, 0.15) is 0 Å². The predicted octanol–water partition coefficient (Wildman–Crippen LogP) is 6.35. The van der Waals surface area contributed by atoms with E-state index < -0.39 is 4.92 Å². The van der Waals surface area contributed by atoms with E-state index in [1.165, 1.54) is 17.2 Å². The van der Waals surface area contributed by atoms with Crippen LogP contribution in [0.2, 0.25) is 0 Å². The van der Waals surface area contributed by atoms with Gasteiger partial charge < -0.3 is 5.11 Å². The Balaban J connectivity index is 1.84. The summed E-state index contributed by atoms with van der Waals surface area (Å²) >= 11 is 3.30. The second-order valence-corrected chi connectivity index (χ2v) is 8.97. The molecule has 0 amide bonds. The molecule has 6 heteroatoms. The summed E-state index contributed by atoms with van der Waals surface area (Å²) in [4.78, 5) is 10.7. The van der Waals surface area contributed by atoms with Crippen LogP contribution in [0.15, 0.2) is 77.3 Å². The lowest BCUT2D eigenvalue weighted by atomic mass is 9.81. The zero-order valence-electron chi connectivity index (χ0n) is 17.2. The van der Waals surface area contributed by atoms with Crippen LogP contribution in [-0.4, -0.2) is 20.3 Å². The highest BCUT2D eigenvalue weighted by atomic mass is 79.9. The molecule has 0 aromatic heterocycles. The quantitative estimate of drug-likeness (QED) is 0.264. The topological polar surface area (TPSA) is 66.4 Å². The number of benzene rings is 3. The van der Waals surface area contributed by atoms with Gasteiger partial charge in [0.05, 0.1) is 10.3 Å². The summed E-state index contributed by atoms with van der Waals surface area (Å²) in [6, 6.07) is 21.5.